The zero-order valence-electron chi connectivity index (χ0n) is 17.8. The highest BCUT2D eigenvalue weighted by Gasteiger charge is 2.40. The van der Waals surface area contributed by atoms with Crippen LogP contribution in [0.25, 0.3) is 11.1 Å². The van der Waals surface area contributed by atoms with Crippen LogP contribution in [-0.2, 0) is 6.54 Å². The molecule has 0 N–H and O–H groups in total. The lowest BCUT2D eigenvalue weighted by atomic mass is 10.1. The number of rotatable bonds is 7. The van der Waals surface area contributed by atoms with Crippen molar-refractivity contribution in [3.8, 4) is 22.8 Å². The second kappa shape index (κ2) is 8.26. The lowest BCUT2D eigenvalue weighted by Gasteiger charge is -2.13. The van der Waals surface area contributed by atoms with Crippen molar-refractivity contribution >= 4 is 0 Å². The third-order valence-corrected chi connectivity index (χ3v) is 5.52. The molecule has 7 nitrogen and oxygen atoms in total. The average Bonchev–Trinajstić information content (AvgIpc) is 3.54. The smallest absolute Gasteiger partial charge is 0.253 e. The van der Waals surface area contributed by atoms with Crippen LogP contribution in [0.3, 0.4) is 0 Å². The van der Waals surface area contributed by atoms with Gasteiger partial charge in [-0.3, -0.25) is 9.78 Å². The Morgan fingerprint density at radius 3 is 2.73 bits per heavy atom. The summed E-state index contributed by atoms with van der Waals surface area (Å²) in [6, 6.07) is 5.83. The number of aryl methyl sites for hydroxylation is 3. The number of methoxy groups -OCH3 is 1. The molecule has 0 bridgehead atoms. The van der Waals surface area contributed by atoms with Crippen molar-refractivity contribution in [1.29, 1.82) is 0 Å². The molecule has 1 saturated carbocycles. The van der Waals surface area contributed by atoms with Gasteiger partial charge < -0.3 is 14.0 Å². The van der Waals surface area contributed by atoms with Crippen molar-refractivity contribution in [2.45, 2.75) is 39.7 Å². The zero-order valence-corrected chi connectivity index (χ0v) is 17.8. The van der Waals surface area contributed by atoms with E-state index in [0.29, 0.717) is 42.3 Å². The molecule has 0 radical (unpaired) electrons. The maximum absolute atomic E-state index is 12.2. The first-order chi connectivity index (χ1) is 14.5. The van der Waals surface area contributed by atoms with E-state index in [1.54, 1.807) is 24.1 Å². The summed E-state index contributed by atoms with van der Waals surface area (Å²) in [6.45, 7) is 6.79. The first-order valence-electron chi connectivity index (χ1n) is 10.2. The Morgan fingerprint density at radius 1 is 1.20 bits per heavy atom. The van der Waals surface area contributed by atoms with Gasteiger partial charge in [-0.15, -0.1) is 0 Å². The molecular formula is C23H26N4O3. The van der Waals surface area contributed by atoms with Crippen LogP contribution < -0.4 is 15.0 Å². The van der Waals surface area contributed by atoms with Crippen LogP contribution in [-0.4, -0.2) is 33.2 Å². The number of pyridine rings is 2. The van der Waals surface area contributed by atoms with E-state index in [2.05, 4.69) is 15.0 Å². The normalized spacial score (nSPS) is 17.6. The lowest BCUT2D eigenvalue weighted by Crippen LogP contribution is -2.21. The highest BCUT2D eigenvalue weighted by Crippen LogP contribution is 2.47. The van der Waals surface area contributed by atoms with Crippen molar-refractivity contribution in [2.75, 3.05) is 13.7 Å². The summed E-state index contributed by atoms with van der Waals surface area (Å²) >= 11 is 0. The third kappa shape index (κ3) is 4.06. The average molecular weight is 406 g/mol. The molecule has 3 aromatic heterocycles. The van der Waals surface area contributed by atoms with Crippen molar-refractivity contribution in [3.63, 3.8) is 0 Å². The molecule has 30 heavy (non-hydrogen) atoms. The van der Waals surface area contributed by atoms with Gasteiger partial charge in [-0.25, -0.2) is 4.98 Å². The summed E-state index contributed by atoms with van der Waals surface area (Å²) < 4.78 is 13.0. The number of aromatic nitrogens is 4. The SMILES string of the molecule is CCn1cc(-c2cnc(C)nc2OC[C@H]2C[C@@H]2c2ccc(OC)cn2)cc(C)c1=O. The molecule has 1 aliphatic carbocycles. The van der Waals surface area contributed by atoms with Crippen molar-refractivity contribution in [2.24, 2.45) is 5.92 Å². The van der Waals surface area contributed by atoms with E-state index >= 15 is 0 Å². The maximum Gasteiger partial charge on any atom is 0.253 e. The van der Waals surface area contributed by atoms with E-state index in [4.69, 9.17) is 9.47 Å². The summed E-state index contributed by atoms with van der Waals surface area (Å²) in [4.78, 5) is 25.6. The van der Waals surface area contributed by atoms with E-state index in [1.165, 1.54) is 0 Å². The standard InChI is InChI=1S/C23H26N4O3/c1-5-27-12-16(8-14(2)23(27)28)20-11-24-15(3)26-22(20)30-13-17-9-19(17)21-7-6-18(29-4)10-25-21/h6-8,10-12,17,19H,5,9,13H2,1-4H3/t17-,19+/m1/s1. The molecule has 1 fully saturated rings. The van der Waals surface area contributed by atoms with Crippen LogP contribution in [0.4, 0.5) is 0 Å². The summed E-state index contributed by atoms with van der Waals surface area (Å²) in [5.41, 5.74) is 3.45. The van der Waals surface area contributed by atoms with Gasteiger partial charge in [0.05, 0.1) is 25.5 Å². The molecule has 0 aliphatic heterocycles. The number of ether oxygens (including phenoxy) is 2. The highest BCUT2D eigenvalue weighted by molar-refractivity contribution is 5.67. The molecule has 0 spiro atoms. The summed E-state index contributed by atoms with van der Waals surface area (Å²) in [5, 5.41) is 0. The van der Waals surface area contributed by atoms with Gasteiger partial charge in [0.1, 0.15) is 11.6 Å². The summed E-state index contributed by atoms with van der Waals surface area (Å²) in [7, 11) is 1.64. The Labute approximate surface area is 175 Å². The molecule has 1 aliphatic rings. The van der Waals surface area contributed by atoms with Crippen molar-refractivity contribution in [3.05, 3.63) is 64.2 Å². The number of hydrogen-bond donors (Lipinski definition) is 0. The maximum atomic E-state index is 12.2. The van der Waals surface area contributed by atoms with Crippen LogP contribution in [0.5, 0.6) is 11.6 Å². The predicted octanol–water partition coefficient (Wildman–Crippen LogP) is 3.53. The van der Waals surface area contributed by atoms with Gasteiger partial charge in [0.2, 0.25) is 5.88 Å². The topological polar surface area (TPSA) is 79.1 Å². The second-order valence-electron chi connectivity index (χ2n) is 7.68. The Balaban J connectivity index is 1.52. The van der Waals surface area contributed by atoms with Gasteiger partial charge in [-0.1, -0.05) is 0 Å². The van der Waals surface area contributed by atoms with E-state index in [9.17, 15) is 4.79 Å². The first kappa shape index (κ1) is 20.1. The lowest BCUT2D eigenvalue weighted by molar-refractivity contribution is 0.285. The minimum Gasteiger partial charge on any atom is -0.495 e. The molecule has 156 valence electrons. The molecule has 0 amide bonds. The van der Waals surface area contributed by atoms with E-state index in [0.717, 1.165) is 29.0 Å². The first-order valence-corrected chi connectivity index (χ1v) is 10.2. The third-order valence-electron chi connectivity index (χ3n) is 5.52. The summed E-state index contributed by atoms with van der Waals surface area (Å²) in [5.74, 6) is 2.76. The fourth-order valence-electron chi connectivity index (χ4n) is 3.64. The molecule has 2 atom stereocenters. The van der Waals surface area contributed by atoms with Crippen LogP contribution in [0.1, 0.15) is 36.3 Å². The quantitative estimate of drug-likeness (QED) is 0.597. The molecule has 4 rings (SSSR count). The molecule has 0 aromatic carbocycles. The Bertz CT molecular complexity index is 1110. The van der Waals surface area contributed by atoms with Crippen LogP contribution in [0.2, 0.25) is 0 Å². The van der Waals surface area contributed by atoms with Crippen LogP contribution in [0, 0.1) is 19.8 Å². The molecule has 0 saturated heterocycles. The molecule has 3 heterocycles. The van der Waals surface area contributed by atoms with Gasteiger partial charge in [0.25, 0.3) is 5.56 Å². The highest BCUT2D eigenvalue weighted by atomic mass is 16.5. The Kier molecular flexibility index (Phi) is 5.53. The monoisotopic (exact) mass is 406 g/mol. The van der Waals surface area contributed by atoms with Crippen LogP contribution in [0.15, 0.2) is 41.6 Å². The fourth-order valence-corrected chi connectivity index (χ4v) is 3.64. The van der Waals surface area contributed by atoms with Gasteiger partial charge in [-0.05, 0) is 45.4 Å². The second-order valence-corrected chi connectivity index (χ2v) is 7.68. The minimum atomic E-state index is 0.0181. The van der Waals surface area contributed by atoms with Crippen molar-refractivity contribution < 1.29 is 9.47 Å². The fraction of sp³-hybridized carbons (Fsp3) is 0.391. The van der Waals surface area contributed by atoms with Gasteiger partial charge in [-0.2, -0.15) is 4.98 Å². The minimum absolute atomic E-state index is 0.0181. The molecule has 3 aromatic rings. The van der Waals surface area contributed by atoms with Crippen LogP contribution >= 0.6 is 0 Å². The van der Waals surface area contributed by atoms with E-state index in [1.807, 2.05) is 45.2 Å². The van der Waals surface area contributed by atoms with Gasteiger partial charge in [0, 0.05) is 47.6 Å². The molecule has 0 unspecified atom stereocenters. The molecule has 7 heteroatoms. The van der Waals surface area contributed by atoms with E-state index in [-0.39, 0.29) is 5.56 Å². The van der Waals surface area contributed by atoms with Gasteiger partial charge in [0.15, 0.2) is 0 Å². The Hall–Kier alpha value is -3.22. The predicted molar refractivity (Wildman–Crippen MR) is 114 cm³/mol. The zero-order chi connectivity index (χ0) is 21.3. The van der Waals surface area contributed by atoms with E-state index < -0.39 is 0 Å². The Morgan fingerprint density at radius 2 is 2.03 bits per heavy atom. The van der Waals surface area contributed by atoms with Crippen molar-refractivity contribution in [1.82, 2.24) is 19.5 Å². The number of hydrogen-bond acceptors (Lipinski definition) is 6. The summed E-state index contributed by atoms with van der Waals surface area (Å²) in [6.07, 6.45) is 6.41. The number of nitrogens with zero attached hydrogens (tertiary/aromatic N) is 4. The molecular weight excluding hydrogens is 380 g/mol. The van der Waals surface area contributed by atoms with Gasteiger partial charge >= 0.3 is 0 Å². The largest absolute Gasteiger partial charge is 0.495 e.